The molecule has 1 aromatic rings. The van der Waals surface area contributed by atoms with Crippen LogP contribution in [0, 0.1) is 0 Å². The first kappa shape index (κ1) is 12.2. The van der Waals surface area contributed by atoms with E-state index < -0.39 is 0 Å². The SMILES string of the molecule is COc1ccc(CCNCS)cc1OC. The van der Waals surface area contributed by atoms with E-state index in [9.17, 15) is 0 Å². The number of nitrogens with one attached hydrogen (secondary N) is 1. The van der Waals surface area contributed by atoms with Crippen molar-refractivity contribution in [3.8, 4) is 11.5 Å². The van der Waals surface area contributed by atoms with Crippen LogP contribution in [0.25, 0.3) is 0 Å². The molecule has 15 heavy (non-hydrogen) atoms. The molecule has 0 atom stereocenters. The highest BCUT2D eigenvalue weighted by molar-refractivity contribution is 7.80. The molecule has 0 amide bonds. The number of methoxy groups -OCH3 is 2. The topological polar surface area (TPSA) is 30.5 Å². The van der Waals surface area contributed by atoms with Gasteiger partial charge in [-0.3, -0.25) is 0 Å². The molecular weight excluding hydrogens is 210 g/mol. The van der Waals surface area contributed by atoms with Crippen LogP contribution >= 0.6 is 12.6 Å². The average Bonchev–Trinajstić information content (AvgIpc) is 2.29. The number of hydrogen-bond acceptors (Lipinski definition) is 4. The van der Waals surface area contributed by atoms with Crippen LogP contribution in [-0.4, -0.2) is 26.6 Å². The lowest BCUT2D eigenvalue weighted by atomic mass is 10.1. The van der Waals surface area contributed by atoms with Gasteiger partial charge in [0, 0.05) is 5.88 Å². The Morgan fingerprint density at radius 3 is 2.53 bits per heavy atom. The standard InChI is InChI=1S/C11H17NO2S/c1-13-10-4-3-9(5-6-12-8-15)7-11(10)14-2/h3-4,7,12,15H,5-6,8H2,1-2H3. The molecule has 1 rings (SSSR count). The van der Waals surface area contributed by atoms with Gasteiger partial charge in [-0.05, 0) is 30.7 Å². The molecule has 4 heteroatoms. The number of ether oxygens (including phenoxy) is 2. The minimum atomic E-state index is 0.702. The van der Waals surface area contributed by atoms with Crippen LogP contribution in [0.15, 0.2) is 18.2 Å². The summed E-state index contributed by atoms with van der Waals surface area (Å²) in [5.41, 5.74) is 1.22. The monoisotopic (exact) mass is 227 g/mol. The van der Waals surface area contributed by atoms with Gasteiger partial charge in [-0.1, -0.05) is 6.07 Å². The van der Waals surface area contributed by atoms with E-state index in [-0.39, 0.29) is 0 Å². The average molecular weight is 227 g/mol. The fourth-order valence-corrected chi connectivity index (χ4v) is 1.51. The van der Waals surface area contributed by atoms with Crippen molar-refractivity contribution in [2.24, 2.45) is 0 Å². The molecule has 0 heterocycles. The molecule has 0 aliphatic heterocycles. The van der Waals surface area contributed by atoms with Gasteiger partial charge in [-0.2, -0.15) is 12.6 Å². The lowest BCUT2D eigenvalue weighted by Gasteiger charge is -2.09. The van der Waals surface area contributed by atoms with Gasteiger partial charge < -0.3 is 14.8 Å². The molecule has 0 saturated heterocycles. The fraction of sp³-hybridized carbons (Fsp3) is 0.455. The minimum absolute atomic E-state index is 0.702. The molecule has 0 aliphatic carbocycles. The van der Waals surface area contributed by atoms with Crippen LogP contribution in [-0.2, 0) is 6.42 Å². The largest absolute Gasteiger partial charge is 0.493 e. The van der Waals surface area contributed by atoms with Crippen molar-refractivity contribution < 1.29 is 9.47 Å². The molecule has 3 nitrogen and oxygen atoms in total. The Bertz CT molecular complexity index is 305. The van der Waals surface area contributed by atoms with Crippen molar-refractivity contribution in [3.63, 3.8) is 0 Å². The molecule has 0 spiro atoms. The molecule has 0 bridgehead atoms. The summed E-state index contributed by atoms with van der Waals surface area (Å²) in [5, 5.41) is 3.15. The second-order valence-electron chi connectivity index (χ2n) is 3.10. The number of thiol groups is 1. The zero-order valence-electron chi connectivity index (χ0n) is 9.12. The van der Waals surface area contributed by atoms with Gasteiger partial charge in [0.25, 0.3) is 0 Å². The van der Waals surface area contributed by atoms with Crippen molar-refractivity contribution in [3.05, 3.63) is 23.8 Å². The molecule has 0 aromatic heterocycles. The van der Waals surface area contributed by atoms with E-state index in [1.165, 1.54) is 5.56 Å². The normalized spacial score (nSPS) is 10.1. The second-order valence-corrected chi connectivity index (χ2v) is 3.41. The maximum atomic E-state index is 5.22. The number of benzene rings is 1. The first-order chi connectivity index (χ1) is 7.31. The van der Waals surface area contributed by atoms with Crippen molar-refractivity contribution in [2.45, 2.75) is 6.42 Å². The molecule has 0 radical (unpaired) electrons. The zero-order valence-corrected chi connectivity index (χ0v) is 10.0. The Morgan fingerprint density at radius 2 is 1.93 bits per heavy atom. The van der Waals surface area contributed by atoms with E-state index >= 15 is 0 Å². The molecule has 0 saturated carbocycles. The maximum Gasteiger partial charge on any atom is 0.160 e. The maximum absolute atomic E-state index is 5.22. The highest BCUT2D eigenvalue weighted by Gasteiger charge is 2.03. The van der Waals surface area contributed by atoms with Crippen LogP contribution in [0.2, 0.25) is 0 Å². The highest BCUT2D eigenvalue weighted by Crippen LogP contribution is 2.27. The minimum Gasteiger partial charge on any atom is -0.493 e. The van der Waals surface area contributed by atoms with Gasteiger partial charge >= 0.3 is 0 Å². The van der Waals surface area contributed by atoms with Gasteiger partial charge in [0.15, 0.2) is 11.5 Å². The van der Waals surface area contributed by atoms with E-state index in [0.29, 0.717) is 5.88 Å². The quantitative estimate of drug-likeness (QED) is 0.441. The van der Waals surface area contributed by atoms with E-state index in [2.05, 4.69) is 17.9 Å². The summed E-state index contributed by atoms with van der Waals surface area (Å²) in [5.74, 6) is 2.25. The van der Waals surface area contributed by atoms with Crippen LogP contribution in [0.4, 0.5) is 0 Å². The predicted molar refractivity (Wildman–Crippen MR) is 65.1 cm³/mol. The Hall–Kier alpha value is -0.870. The lowest BCUT2D eigenvalue weighted by Crippen LogP contribution is -2.14. The summed E-state index contributed by atoms with van der Waals surface area (Å²) in [7, 11) is 3.29. The van der Waals surface area contributed by atoms with Gasteiger partial charge in [0.2, 0.25) is 0 Å². The third-order valence-corrected chi connectivity index (χ3v) is 2.37. The molecule has 1 aromatic carbocycles. The summed E-state index contributed by atoms with van der Waals surface area (Å²) in [6.07, 6.45) is 0.959. The summed E-state index contributed by atoms with van der Waals surface area (Å²) in [6.45, 7) is 0.916. The van der Waals surface area contributed by atoms with Crippen LogP contribution in [0.5, 0.6) is 11.5 Å². The summed E-state index contributed by atoms with van der Waals surface area (Å²) in [6, 6.07) is 5.97. The summed E-state index contributed by atoms with van der Waals surface area (Å²) >= 11 is 4.08. The third-order valence-electron chi connectivity index (χ3n) is 2.15. The molecule has 0 fully saturated rings. The molecular formula is C11H17NO2S. The zero-order chi connectivity index (χ0) is 11.1. The first-order valence-electron chi connectivity index (χ1n) is 4.84. The van der Waals surface area contributed by atoms with Gasteiger partial charge in [-0.15, -0.1) is 0 Å². The van der Waals surface area contributed by atoms with Crippen molar-refractivity contribution >= 4 is 12.6 Å². The molecule has 0 aliphatic rings. The van der Waals surface area contributed by atoms with Gasteiger partial charge in [0.1, 0.15) is 0 Å². The number of rotatable bonds is 6. The highest BCUT2D eigenvalue weighted by atomic mass is 32.1. The Balaban J connectivity index is 2.66. The summed E-state index contributed by atoms with van der Waals surface area (Å²) in [4.78, 5) is 0. The first-order valence-corrected chi connectivity index (χ1v) is 5.47. The molecule has 1 N–H and O–H groups in total. The van der Waals surface area contributed by atoms with Crippen LogP contribution < -0.4 is 14.8 Å². The number of hydrogen-bond donors (Lipinski definition) is 2. The molecule has 0 unspecified atom stereocenters. The van der Waals surface area contributed by atoms with Crippen LogP contribution in [0.3, 0.4) is 0 Å². The smallest absolute Gasteiger partial charge is 0.160 e. The second kappa shape index (κ2) is 6.58. The van der Waals surface area contributed by atoms with E-state index in [4.69, 9.17) is 9.47 Å². The van der Waals surface area contributed by atoms with E-state index in [1.54, 1.807) is 14.2 Å². The predicted octanol–water partition coefficient (Wildman–Crippen LogP) is 1.72. The molecule has 84 valence electrons. The fourth-order valence-electron chi connectivity index (χ4n) is 1.35. The third kappa shape index (κ3) is 3.64. The Kier molecular flexibility index (Phi) is 5.36. The van der Waals surface area contributed by atoms with Crippen LogP contribution in [0.1, 0.15) is 5.56 Å². The van der Waals surface area contributed by atoms with E-state index in [0.717, 1.165) is 24.5 Å². The van der Waals surface area contributed by atoms with Crippen molar-refractivity contribution in [1.82, 2.24) is 5.32 Å². The summed E-state index contributed by atoms with van der Waals surface area (Å²) < 4.78 is 10.4. The van der Waals surface area contributed by atoms with Gasteiger partial charge in [0.05, 0.1) is 14.2 Å². The van der Waals surface area contributed by atoms with E-state index in [1.807, 2.05) is 18.2 Å². The van der Waals surface area contributed by atoms with Crippen molar-refractivity contribution in [2.75, 3.05) is 26.6 Å². The Morgan fingerprint density at radius 1 is 1.20 bits per heavy atom. The van der Waals surface area contributed by atoms with Crippen molar-refractivity contribution in [1.29, 1.82) is 0 Å². The Labute approximate surface area is 96.2 Å². The lowest BCUT2D eigenvalue weighted by molar-refractivity contribution is 0.354. The van der Waals surface area contributed by atoms with Gasteiger partial charge in [-0.25, -0.2) is 0 Å².